The fraction of sp³-hybridized carbons (Fsp3) is 0.273. The number of carboxylic acid groups (broad SMARTS) is 1. The van der Waals surface area contributed by atoms with E-state index in [0.29, 0.717) is 22.5 Å². The molecule has 0 aliphatic heterocycles. The van der Waals surface area contributed by atoms with Gasteiger partial charge in [-0.15, -0.1) is 10.2 Å². The molecule has 0 aliphatic carbocycles. The third kappa shape index (κ3) is 3.05. The van der Waals surface area contributed by atoms with E-state index in [0.717, 1.165) is 17.3 Å². The molecule has 2 rings (SSSR count). The predicted molar refractivity (Wildman–Crippen MR) is 72.3 cm³/mol. The van der Waals surface area contributed by atoms with Gasteiger partial charge in [-0.1, -0.05) is 23.4 Å². The quantitative estimate of drug-likeness (QED) is 0.852. The van der Waals surface area contributed by atoms with Crippen molar-refractivity contribution >= 4 is 29.3 Å². The molecular formula is C11H11ClN4O2S. The molecule has 0 atom stereocenters. The summed E-state index contributed by atoms with van der Waals surface area (Å²) in [5, 5.41) is 17.8. The molecule has 8 heteroatoms. The van der Waals surface area contributed by atoms with Gasteiger partial charge in [-0.3, -0.25) is 9.78 Å². The van der Waals surface area contributed by atoms with Crippen molar-refractivity contribution in [2.45, 2.75) is 18.6 Å². The third-order valence-corrected chi connectivity index (χ3v) is 3.62. The van der Waals surface area contributed by atoms with E-state index in [4.69, 9.17) is 16.7 Å². The summed E-state index contributed by atoms with van der Waals surface area (Å²) in [5.41, 5.74) is 0.730. The van der Waals surface area contributed by atoms with Crippen LogP contribution in [0.2, 0.25) is 5.02 Å². The molecule has 0 saturated carbocycles. The van der Waals surface area contributed by atoms with Gasteiger partial charge in [0.2, 0.25) is 0 Å². The Hall–Kier alpha value is -1.60. The Labute approximate surface area is 118 Å². The molecule has 19 heavy (non-hydrogen) atoms. The average Bonchev–Trinajstić information content (AvgIpc) is 2.79. The van der Waals surface area contributed by atoms with Gasteiger partial charge in [0.1, 0.15) is 0 Å². The number of aliphatic carboxylic acids is 1. The highest BCUT2D eigenvalue weighted by Crippen LogP contribution is 2.28. The molecule has 0 aliphatic rings. The molecule has 2 aromatic rings. The molecule has 2 aromatic heterocycles. The minimum Gasteiger partial charge on any atom is -0.481 e. The summed E-state index contributed by atoms with van der Waals surface area (Å²) in [5.74, 6) is -0.329. The molecule has 0 unspecified atom stereocenters. The lowest BCUT2D eigenvalue weighted by Gasteiger charge is -2.07. The molecule has 0 aromatic carbocycles. The lowest BCUT2D eigenvalue weighted by molar-refractivity contribution is -0.133. The maximum Gasteiger partial charge on any atom is 0.313 e. The number of pyridine rings is 1. The zero-order chi connectivity index (χ0) is 13.8. The molecule has 0 radical (unpaired) electrons. The summed E-state index contributed by atoms with van der Waals surface area (Å²) in [7, 11) is 0. The number of nitrogens with zero attached hydrogens (tertiary/aromatic N) is 4. The second-order valence-electron chi connectivity index (χ2n) is 3.59. The second kappa shape index (κ2) is 6.03. The van der Waals surface area contributed by atoms with Crippen molar-refractivity contribution in [3.05, 3.63) is 23.5 Å². The molecule has 0 saturated heterocycles. The van der Waals surface area contributed by atoms with Crippen molar-refractivity contribution in [1.82, 2.24) is 19.7 Å². The number of carbonyl (C=O) groups is 1. The summed E-state index contributed by atoms with van der Waals surface area (Å²) in [6.45, 7) is 2.57. The molecule has 0 amide bonds. The van der Waals surface area contributed by atoms with Gasteiger partial charge in [0.05, 0.1) is 10.8 Å². The summed E-state index contributed by atoms with van der Waals surface area (Å²) >= 11 is 7.21. The van der Waals surface area contributed by atoms with Gasteiger partial charge in [-0.2, -0.15) is 0 Å². The largest absolute Gasteiger partial charge is 0.481 e. The number of hydrogen-bond acceptors (Lipinski definition) is 5. The number of rotatable bonds is 5. The topological polar surface area (TPSA) is 80.9 Å². The lowest BCUT2D eigenvalue weighted by Crippen LogP contribution is -2.03. The van der Waals surface area contributed by atoms with Crippen LogP contribution in [-0.2, 0) is 11.3 Å². The molecule has 6 nitrogen and oxygen atoms in total. The van der Waals surface area contributed by atoms with Crippen molar-refractivity contribution in [3.63, 3.8) is 0 Å². The van der Waals surface area contributed by atoms with Gasteiger partial charge in [0.15, 0.2) is 11.0 Å². The highest BCUT2D eigenvalue weighted by molar-refractivity contribution is 7.99. The van der Waals surface area contributed by atoms with E-state index >= 15 is 0 Å². The molecule has 0 fully saturated rings. The Morgan fingerprint density at radius 1 is 1.53 bits per heavy atom. The van der Waals surface area contributed by atoms with Crippen molar-refractivity contribution in [2.75, 3.05) is 5.75 Å². The van der Waals surface area contributed by atoms with Crippen LogP contribution < -0.4 is 0 Å². The highest BCUT2D eigenvalue weighted by Gasteiger charge is 2.16. The average molecular weight is 299 g/mol. The predicted octanol–water partition coefficient (Wildman–Crippen LogP) is 2.19. The Morgan fingerprint density at radius 2 is 2.32 bits per heavy atom. The van der Waals surface area contributed by atoms with Crippen LogP contribution in [0.25, 0.3) is 11.4 Å². The number of hydrogen-bond donors (Lipinski definition) is 1. The maximum absolute atomic E-state index is 10.6. The van der Waals surface area contributed by atoms with E-state index in [1.807, 2.05) is 11.5 Å². The van der Waals surface area contributed by atoms with Crippen LogP contribution in [0, 0.1) is 0 Å². The first-order valence-electron chi connectivity index (χ1n) is 5.51. The van der Waals surface area contributed by atoms with E-state index in [-0.39, 0.29) is 5.75 Å². The van der Waals surface area contributed by atoms with E-state index in [2.05, 4.69) is 15.2 Å². The van der Waals surface area contributed by atoms with Crippen LogP contribution >= 0.6 is 23.4 Å². The smallest absolute Gasteiger partial charge is 0.313 e. The van der Waals surface area contributed by atoms with Crippen LogP contribution in [0.4, 0.5) is 0 Å². The zero-order valence-electron chi connectivity index (χ0n) is 10.1. The maximum atomic E-state index is 10.6. The van der Waals surface area contributed by atoms with E-state index in [9.17, 15) is 4.79 Å². The van der Waals surface area contributed by atoms with Crippen molar-refractivity contribution in [3.8, 4) is 11.4 Å². The Balaban J connectivity index is 2.37. The van der Waals surface area contributed by atoms with E-state index in [1.54, 1.807) is 12.3 Å². The van der Waals surface area contributed by atoms with Crippen LogP contribution in [0.1, 0.15) is 6.92 Å². The first-order valence-corrected chi connectivity index (χ1v) is 6.87. The van der Waals surface area contributed by atoms with Gasteiger partial charge < -0.3 is 9.67 Å². The molecule has 0 bridgehead atoms. The normalized spacial score (nSPS) is 10.6. The highest BCUT2D eigenvalue weighted by atomic mass is 35.5. The van der Waals surface area contributed by atoms with Crippen LogP contribution in [-0.4, -0.2) is 36.6 Å². The first-order chi connectivity index (χ1) is 9.13. The fourth-order valence-corrected chi connectivity index (χ4v) is 2.49. The standard InChI is InChI=1S/C11H11ClN4O2S/c1-2-16-10(7-3-4-13-5-8(7)12)14-15-11(16)19-6-9(17)18/h3-5H,2,6H2,1H3,(H,17,18). The van der Waals surface area contributed by atoms with Gasteiger partial charge >= 0.3 is 5.97 Å². The Morgan fingerprint density at radius 3 is 2.95 bits per heavy atom. The van der Waals surface area contributed by atoms with Crippen LogP contribution in [0.3, 0.4) is 0 Å². The summed E-state index contributed by atoms with van der Waals surface area (Å²) < 4.78 is 1.83. The summed E-state index contributed by atoms with van der Waals surface area (Å²) in [6.07, 6.45) is 3.16. The SMILES string of the molecule is CCn1c(SCC(=O)O)nnc1-c1ccncc1Cl. The number of halogens is 1. The van der Waals surface area contributed by atoms with Crippen molar-refractivity contribution in [2.24, 2.45) is 0 Å². The van der Waals surface area contributed by atoms with Gasteiger partial charge in [-0.05, 0) is 13.0 Å². The molecule has 1 N–H and O–H groups in total. The number of carboxylic acids is 1. The van der Waals surface area contributed by atoms with E-state index in [1.165, 1.54) is 6.20 Å². The van der Waals surface area contributed by atoms with Crippen molar-refractivity contribution < 1.29 is 9.90 Å². The monoisotopic (exact) mass is 298 g/mol. The lowest BCUT2D eigenvalue weighted by atomic mass is 10.2. The first kappa shape index (κ1) is 13.8. The van der Waals surface area contributed by atoms with Crippen LogP contribution in [0.5, 0.6) is 0 Å². The molecule has 0 spiro atoms. The minimum absolute atomic E-state index is 0.0534. The summed E-state index contributed by atoms with van der Waals surface area (Å²) in [4.78, 5) is 14.5. The zero-order valence-corrected chi connectivity index (χ0v) is 11.6. The Bertz CT molecular complexity index is 602. The van der Waals surface area contributed by atoms with Gasteiger partial charge in [0, 0.05) is 24.5 Å². The van der Waals surface area contributed by atoms with E-state index < -0.39 is 5.97 Å². The minimum atomic E-state index is -0.890. The van der Waals surface area contributed by atoms with Gasteiger partial charge in [-0.25, -0.2) is 0 Å². The van der Waals surface area contributed by atoms with Crippen molar-refractivity contribution in [1.29, 1.82) is 0 Å². The Kier molecular flexibility index (Phi) is 4.39. The second-order valence-corrected chi connectivity index (χ2v) is 4.94. The fourth-order valence-electron chi connectivity index (χ4n) is 1.56. The van der Waals surface area contributed by atoms with Gasteiger partial charge in [0.25, 0.3) is 0 Å². The molecule has 2 heterocycles. The van der Waals surface area contributed by atoms with Crippen LogP contribution in [0.15, 0.2) is 23.6 Å². The summed E-state index contributed by atoms with van der Waals surface area (Å²) in [6, 6.07) is 1.75. The number of thioether (sulfide) groups is 1. The number of aromatic nitrogens is 4. The molecular weight excluding hydrogens is 288 g/mol. The molecule has 100 valence electrons. The third-order valence-electron chi connectivity index (χ3n) is 2.37.